The zero-order valence-electron chi connectivity index (χ0n) is 40.8. The minimum absolute atomic E-state index is 0.0432. The molecule has 18 heteroatoms. The van der Waals surface area contributed by atoms with Crippen molar-refractivity contribution in [2.24, 2.45) is 0 Å². The summed E-state index contributed by atoms with van der Waals surface area (Å²) in [5.74, 6) is -5.60. The third kappa shape index (κ3) is 23.0. The first-order valence-corrected chi connectivity index (χ1v) is 23.9. The highest BCUT2D eigenvalue weighted by molar-refractivity contribution is 5.79. The summed E-state index contributed by atoms with van der Waals surface area (Å²) in [5.41, 5.74) is 4.41. The molecule has 0 fully saturated rings. The summed E-state index contributed by atoms with van der Waals surface area (Å²) in [6.45, 7) is -2.34. The van der Waals surface area contributed by atoms with Gasteiger partial charge < -0.3 is 49.4 Å². The van der Waals surface area contributed by atoms with Gasteiger partial charge >= 0.3 is 23.9 Å². The highest BCUT2D eigenvalue weighted by Crippen LogP contribution is 2.23. The summed E-state index contributed by atoms with van der Waals surface area (Å²) >= 11 is 0. The van der Waals surface area contributed by atoms with Crippen LogP contribution in [-0.4, -0.2) is 161 Å². The van der Waals surface area contributed by atoms with Crippen molar-refractivity contribution in [2.75, 3.05) is 72.1 Å². The van der Waals surface area contributed by atoms with Crippen LogP contribution in [0.5, 0.6) is 0 Å². The topological polar surface area (TPSA) is 234 Å². The summed E-state index contributed by atoms with van der Waals surface area (Å²) in [5, 5.41) is 41.5. The second-order valence-corrected chi connectivity index (χ2v) is 17.3. The van der Waals surface area contributed by atoms with Crippen LogP contribution < -0.4 is 5.32 Å². The number of carbonyl (C=O) groups excluding carboxylic acids is 1. The number of carboxylic acids is 4. The van der Waals surface area contributed by atoms with Crippen molar-refractivity contribution in [1.29, 1.82) is 0 Å². The van der Waals surface area contributed by atoms with E-state index in [2.05, 4.69) is 5.32 Å². The summed E-state index contributed by atoms with van der Waals surface area (Å²) in [6, 6.07) is 46.9. The molecule has 5 rings (SSSR count). The number of hydrogen-bond donors (Lipinski definition) is 5. The average molecular weight is 1010 g/mol. The Morgan fingerprint density at radius 2 is 0.699 bits per heavy atom. The Morgan fingerprint density at radius 3 is 1.10 bits per heavy atom. The van der Waals surface area contributed by atoms with Crippen molar-refractivity contribution >= 4 is 29.8 Å². The molecule has 390 valence electrons. The van der Waals surface area contributed by atoms with Gasteiger partial charge in [0.1, 0.15) is 18.3 Å². The van der Waals surface area contributed by atoms with Crippen LogP contribution in [0.15, 0.2) is 152 Å². The normalized spacial score (nSPS) is 13.1. The van der Waals surface area contributed by atoms with E-state index >= 15 is 0 Å². The van der Waals surface area contributed by atoms with Crippen molar-refractivity contribution in [3.63, 3.8) is 0 Å². The zero-order chi connectivity index (χ0) is 52.0. The molecular formula is C55H66N4O14. The summed E-state index contributed by atoms with van der Waals surface area (Å²) in [4.78, 5) is 65.5. The molecule has 0 heterocycles. The Labute approximate surface area is 425 Å². The molecule has 0 aliphatic carbocycles. The molecule has 5 N–H and O–H groups in total. The van der Waals surface area contributed by atoms with E-state index in [-0.39, 0.29) is 72.4 Å². The first-order valence-electron chi connectivity index (χ1n) is 23.9. The molecule has 18 nitrogen and oxygen atoms in total. The van der Waals surface area contributed by atoms with Crippen LogP contribution in [0.3, 0.4) is 0 Å². The SMILES string of the molecule is O=C(O)CN(CCN(CC(=O)O)CC(=O)O)CCN(CC(=O)O)CC(=O)N[C@H](COCc1ccccc1)[C@@H](OCc1ccccc1)[C@H](OCc1ccccc1)[C@@H](COCc1ccccc1)OCc1ccccc1. The average Bonchev–Trinajstić information content (AvgIpc) is 3.37. The van der Waals surface area contributed by atoms with Crippen LogP contribution in [0.25, 0.3) is 0 Å². The molecule has 4 atom stereocenters. The van der Waals surface area contributed by atoms with Crippen LogP contribution >= 0.6 is 0 Å². The third-order valence-electron chi connectivity index (χ3n) is 11.4. The van der Waals surface area contributed by atoms with Gasteiger partial charge in [0.05, 0.1) is 85.0 Å². The van der Waals surface area contributed by atoms with Gasteiger partial charge in [-0.15, -0.1) is 0 Å². The quantitative estimate of drug-likeness (QED) is 0.0356. The molecule has 0 radical (unpaired) electrons. The molecule has 1 amide bonds. The maximum absolute atomic E-state index is 14.5. The number of benzene rings is 5. The van der Waals surface area contributed by atoms with Crippen LogP contribution in [0.2, 0.25) is 0 Å². The van der Waals surface area contributed by atoms with Gasteiger partial charge in [-0.1, -0.05) is 152 Å². The van der Waals surface area contributed by atoms with E-state index < -0.39 is 86.9 Å². The number of nitrogens with one attached hydrogen (secondary N) is 1. The monoisotopic (exact) mass is 1010 g/mol. The van der Waals surface area contributed by atoms with Gasteiger partial charge in [0, 0.05) is 26.2 Å². The summed E-state index contributed by atoms with van der Waals surface area (Å²) < 4.78 is 33.4. The molecule has 0 unspecified atom stereocenters. The molecule has 5 aromatic rings. The second kappa shape index (κ2) is 32.3. The number of carboxylic acid groups (broad SMARTS) is 4. The lowest BCUT2D eigenvalue weighted by Crippen LogP contribution is -2.58. The molecular weight excluding hydrogens is 941 g/mol. The lowest BCUT2D eigenvalue weighted by atomic mass is 9.99. The minimum atomic E-state index is -1.26. The lowest BCUT2D eigenvalue weighted by molar-refractivity contribution is -0.179. The van der Waals surface area contributed by atoms with Gasteiger partial charge in [-0.3, -0.25) is 38.7 Å². The fourth-order valence-corrected chi connectivity index (χ4v) is 7.85. The van der Waals surface area contributed by atoms with Crippen molar-refractivity contribution in [2.45, 2.75) is 57.4 Å². The van der Waals surface area contributed by atoms with E-state index in [9.17, 15) is 44.4 Å². The Hall–Kier alpha value is -6.87. The molecule has 0 aliphatic rings. The minimum Gasteiger partial charge on any atom is -0.480 e. The molecule has 0 saturated heterocycles. The van der Waals surface area contributed by atoms with E-state index in [4.69, 9.17) is 23.7 Å². The Kier molecular flexibility index (Phi) is 25.2. The summed E-state index contributed by atoms with van der Waals surface area (Å²) in [7, 11) is 0. The molecule has 0 bridgehead atoms. The Balaban J connectivity index is 1.49. The molecule has 0 saturated carbocycles. The number of hydrogen-bond acceptors (Lipinski definition) is 13. The van der Waals surface area contributed by atoms with Crippen molar-refractivity contribution in [3.05, 3.63) is 179 Å². The first kappa shape index (κ1) is 57.0. The van der Waals surface area contributed by atoms with E-state index in [0.29, 0.717) is 0 Å². The molecule has 5 aromatic carbocycles. The molecule has 73 heavy (non-hydrogen) atoms. The second-order valence-electron chi connectivity index (χ2n) is 17.3. The zero-order valence-corrected chi connectivity index (χ0v) is 40.8. The van der Waals surface area contributed by atoms with Crippen molar-refractivity contribution < 1.29 is 68.1 Å². The highest BCUT2D eigenvalue weighted by atomic mass is 16.6. The van der Waals surface area contributed by atoms with Gasteiger partial charge in [-0.2, -0.15) is 0 Å². The van der Waals surface area contributed by atoms with Crippen LogP contribution in [0.4, 0.5) is 0 Å². The van der Waals surface area contributed by atoms with E-state index in [1.54, 1.807) is 0 Å². The number of ether oxygens (including phenoxy) is 5. The standard InChI is InChI=1S/C55H66N4O14/c60-49(30-58(32-51(63)64)28-26-57(31-50(61)62)27-29-59(33-52(65)66)34-53(67)68)56-47(40-69-35-42-16-6-1-7-17-42)54(72-38-45-22-12-4-13-23-45)55(73-39-46-24-14-5-15-25-46)48(71-37-44-20-10-3-11-21-44)41-70-36-43-18-8-2-9-19-43/h1-25,47-48,54-55H,26-41H2,(H,56,60)(H,61,62)(H,63,64)(H,65,66)(H,67,68)/t47-,48-,54-,55-/m1/s1. The largest absolute Gasteiger partial charge is 0.480 e. The maximum atomic E-state index is 14.5. The maximum Gasteiger partial charge on any atom is 0.317 e. The predicted molar refractivity (Wildman–Crippen MR) is 269 cm³/mol. The summed E-state index contributed by atoms with van der Waals surface area (Å²) in [6.07, 6.45) is -2.77. The fourth-order valence-electron chi connectivity index (χ4n) is 7.85. The smallest absolute Gasteiger partial charge is 0.317 e. The van der Waals surface area contributed by atoms with Gasteiger partial charge in [0.25, 0.3) is 0 Å². The Morgan fingerprint density at radius 1 is 0.384 bits per heavy atom. The van der Waals surface area contributed by atoms with Gasteiger partial charge in [0.15, 0.2) is 0 Å². The number of carbonyl (C=O) groups is 5. The van der Waals surface area contributed by atoms with Crippen LogP contribution in [-0.2, 0) is 80.7 Å². The van der Waals surface area contributed by atoms with Crippen LogP contribution in [0.1, 0.15) is 27.8 Å². The van der Waals surface area contributed by atoms with E-state index in [1.165, 1.54) is 9.80 Å². The van der Waals surface area contributed by atoms with Crippen molar-refractivity contribution in [3.8, 4) is 0 Å². The molecule has 0 aromatic heterocycles. The van der Waals surface area contributed by atoms with Crippen molar-refractivity contribution in [1.82, 2.24) is 20.0 Å². The predicted octanol–water partition coefficient (Wildman–Crippen LogP) is 4.91. The first-order chi connectivity index (χ1) is 35.4. The number of nitrogens with zero attached hydrogens (tertiary/aromatic N) is 3. The van der Waals surface area contributed by atoms with Gasteiger partial charge in [-0.05, 0) is 27.8 Å². The number of rotatable bonds is 37. The third-order valence-corrected chi connectivity index (χ3v) is 11.4. The van der Waals surface area contributed by atoms with Gasteiger partial charge in [0.2, 0.25) is 5.91 Å². The van der Waals surface area contributed by atoms with Gasteiger partial charge in [-0.25, -0.2) is 0 Å². The Bertz CT molecular complexity index is 2360. The number of amides is 1. The van der Waals surface area contributed by atoms with E-state index in [0.717, 1.165) is 32.7 Å². The molecule has 0 aliphatic heterocycles. The highest BCUT2D eigenvalue weighted by Gasteiger charge is 2.39. The number of aliphatic carboxylic acids is 4. The molecule has 0 spiro atoms. The van der Waals surface area contributed by atoms with E-state index in [1.807, 2.05) is 152 Å². The fraction of sp³-hybridized carbons (Fsp3) is 0.364. The van der Waals surface area contributed by atoms with Crippen LogP contribution in [0, 0.1) is 0 Å². The lowest BCUT2D eigenvalue weighted by Gasteiger charge is -2.38.